The molecule has 16 heavy (non-hydrogen) atoms. The van der Waals surface area contributed by atoms with Crippen LogP contribution < -0.4 is 0 Å². The number of esters is 1. The number of hydrogen-bond acceptors (Lipinski definition) is 2. The fourth-order valence-electron chi connectivity index (χ4n) is 1.75. The lowest BCUT2D eigenvalue weighted by Gasteiger charge is -2.29. The molecule has 0 bridgehead atoms. The van der Waals surface area contributed by atoms with Crippen LogP contribution in [0.4, 0.5) is 0 Å². The maximum absolute atomic E-state index is 11.8. The highest BCUT2D eigenvalue weighted by molar-refractivity contribution is 5.87. The Hall–Kier alpha value is -1.77. The van der Waals surface area contributed by atoms with Gasteiger partial charge in [0.2, 0.25) is 0 Å². The number of ether oxygens (including phenoxy) is 1. The lowest BCUT2D eigenvalue weighted by Crippen LogP contribution is -2.32. The van der Waals surface area contributed by atoms with E-state index >= 15 is 0 Å². The van der Waals surface area contributed by atoms with Crippen LogP contribution in [0.5, 0.6) is 0 Å². The monoisotopic (exact) mass is 217 g/mol. The molecule has 84 valence electrons. The van der Waals surface area contributed by atoms with Gasteiger partial charge in [0.15, 0.2) is 0 Å². The minimum absolute atomic E-state index is 0.299. The third kappa shape index (κ3) is 2.08. The van der Waals surface area contributed by atoms with Gasteiger partial charge in [0.1, 0.15) is 11.3 Å². The van der Waals surface area contributed by atoms with Crippen molar-refractivity contribution in [2.45, 2.75) is 25.4 Å². The number of carbonyl (C=O) groups is 1. The second-order valence-corrected chi connectivity index (χ2v) is 3.88. The van der Waals surface area contributed by atoms with Crippen molar-refractivity contribution in [3.8, 4) is 0 Å². The van der Waals surface area contributed by atoms with Crippen LogP contribution in [0.1, 0.15) is 30.3 Å². The summed E-state index contributed by atoms with van der Waals surface area (Å²) in [7, 11) is 0. The van der Waals surface area contributed by atoms with Gasteiger partial charge in [-0.15, -0.1) is 0 Å². The van der Waals surface area contributed by atoms with Gasteiger partial charge in [-0.1, -0.05) is 25.2 Å². The van der Waals surface area contributed by atoms with Crippen molar-refractivity contribution in [1.29, 1.82) is 0 Å². The average Bonchev–Trinajstić information content (AvgIpc) is 2.84. The van der Waals surface area contributed by atoms with E-state index in [1.165, 1.54) is 0 Å². The maximum atomic E-state index is 11.8. The van der Waals surface area contributed by atoms with E-state index in [1.807, 2.05) is 31.2 Å². The Morgan fingerprint density at radius 3 is 3.00 bits per heavy atom. The minimum Gasteiger partial charge on any atom is -0.450 e. The second-order valence-electron chi connectivity index (χ2n) is 3.88. The topological polar surface area (TPSA) is 42.1 Å². The Balaban J connectivity index is 2.11. The summed E-state index contributed by atoms with van der Waals surface area (Å²) in [6.45, 7) is 2.02. The molecule has 0 spiro atoms. The van der Waals surface area contributed by atoms with Crippen LogP contribution in [-0.2, 0) is 4.74 Å². The Labute approximate surface area is 94.8 Å². The van der Waals surface area contributed by atoms with Crippen LogP contribution in [0.2, 0.25) is 0 Å². The van der Waals surface area contributed by atoms with E-state index in [-0.39, 0.29) is 5.97 Å². The van der Waals surface area contributed by atoms with E-state index in [0.717, 1.165) is 12.8 Å². The number of aromatic amines is 1. The summed E-state index contributed by atoms with van der Waals surface area (Å²) < 4.78 is 5.56. The van der Waals surface area contributed by atoms with Crippen LogP contribution >= 0.6 is 0 Å². The smallest absolute Gasteiger partial charge is 0.355 e. The number of hydrogen-bond donors (Lipinski definition) is 1. The fraction of sp³-hybridized carbons (Fsp3) is 0.308. The fourth-order valence-corrected chi connectivity index (χ4v) is 1.75. The van der Waals surface area contributed by atoms with Crippen molar-refractivity contribution in [3.05, 3.63) is 48.3 Å². The van der Waals surface area contributed by atoms with Gasteiger partial charge in [-0.3, -0.25) is 0 Å². The molecule has 0 fully saturated rings. The predicted octanol–water partition coefficient (Wildman–Crippen LogP) is 2.84. The van der Waals surface area contributed by atoms with Crippen molar-refractivity contribution >= 4 is 5.97 Å². The van der Waals surface area contributed by atoms with Crippen LogP contribution in [0, 0.1) is 0 Å². The van der Waals surface area contributed by atoms with Gasteiger partial charge in [-0.25, -0.2) is 4.79 Å². The lowest BCUT2D eigenvalue weighted by atomic mass is 9.92. The summed E-state index contributed by atoms with van der Waals surface area (Å²) in [5.41, 5.74) is 0.0208. The number of aromatic nitrogens is 1. The number of rotatable bonds is 3. The van der Waals surface area contributed by atoms with Crippen molar-refractivity contribution in [2.24, 2.45) is 0 Å². The van der Waals surface area contributed by atoms with Crippen molar-refractivity contribution in [3.63, 3.8) is 0 Å². The van der Waals surface area contributed by atoms with Gasteiger partial charge in [-0.05, 0) is 24.6 Å². The molecule has 1 heterocycles. The van der Waals surface area contributed by atoms with Gasteiger partial charge < -0.3 is 9.72 Å². The average molecular weight is 217 g/mol. The molecule has 1 atom stereocenters. The molecular weight excluding hydrogens is 202 g/mol. The van der Waals surface area contributed by atoms with Gasteiger partial charge >= 0.3 is 5.97 Å². The molecule has 1 N–H and O–H groups in total. The molecule has 0 saturated carbocycles. The molecule has 1 aliphatic rings. The molecule has 0 amide bonds. The van der Waals surface area contributed by atoms with Gasteiger partial charge in [0.25, 0.3) is 0 Å². The Bertz CT molecular complexity index is 417. The maximum Gasteiger partial charge on any atom is 0.355 e. The van der Waals surface area contributed by atoms with Crippen LogP contribution in [0.25, 0.3) is 0 Å². The first-order valence-electron chi connectivity index (χ1n) is 5.47. The lowest BCUT2D eigenvalue weighted by molar-refractivity contribution is 0.00241. The first kappa shape index (κ1) is 10.7. The summed E-state index contributed by atoms with van der Waals surface area (Å²) in [5.74, 6) is -0.299. The Morgan fingerprint density at radius 2 is 2.44 bits per heavy atom. The van der Waals surface area contributed by atoms with Crippen LogP contribution in [0.3, 0.4) is 0 Å². The van der Waals surface area contributed by atoms with Gasteiger partial charge in [-0.2, -0.15) is 0 Å². The second kappa shape index (κ2) is 4.39. The van der Waals surface area contributed by atoms with E-state index in [9.17, 15) is 4.79 Å². The minimum atomic E-state index is -0.475. The normalized spacial score (nSPS) is 23.3. The van der Waals surface area contributed by atoms with Crippen molar-refractivity contribution in [2.75, 3.05) is 0 Å². The molecule has 1 aromatic heterocycles. The molecule has 2 rings (SSSR count). The molecule has 0 aliphatic heterocycles. The molecule has 0 aromatic carbocycles. The summed E-state index contributed by atoms with van der Waals surface area (Å²) >= 11 is 0. The van der Waals surface area contributed by atoms with Crippen molar-refractivity contribution in [1.82, 2.24) is 4.98 Å². The highest BCUT2D eigenvalue weighted by Crippen LogP contribution is 2.27. The third-order valence-electron chi connectivity index (χ3n) is 2.82. The summed E-state index contributed by atoms with van der Waals surface area (Å²) in [6.07, 6.45) is 11.1. The zero-order valence-corrected chi connectivity index (χ0v) is 9.27. The first-order chi connectivity index (χ1) is 7.76. The standard InChI is InChI=1S/C13H15NO2/c1-2-13(8-4-3-5-9-13)16-12(15)11-7-6-10-14-11/h3-8,10,14H,2,9H2,1H3. The van der Waals surface area contributed by atoms with E-state index < -0.39 is 5.60 Å². The van der Waals surface area contributed by atoms with Crippen LogP contribution in [-0.4, -0.2) is 16.6 Å². The van der Waals surface area contributed by atoms with Crippen LogP contribution in [0.15, 0.2) is 42.6 Å². The largest absolute Gasteiger partial charge is 0.450 e. The highest BCUT2D eigenvalue weighted by Gasteiger charge is 2.30. The van der Waals surface area contributed by atoms with Gasteiger partial charge in [0.05, 0.1) is 0 Å². The molecule has 0 radical (unpaired) electrons. The Kier molecular flexibility index (Phi) is 2.95. The van der Waals surface area contributed by atoms with E-state index in [4.69, 9.17) is 4.74 Å². The number of nitrogens with one attached hydrogen (secondary N) is 1. The zero-order valence-electron chi connectivity index (χ0n) is 9.27. The van der Waals surface area contributed by atoms with Crippen molar-refractivity contribution < 1.29 is 9.53 Å². The summed E-state index contributed by atoms with van der Waals surface area (Å²) in [4.78, 5) is 14.7. The quantitative estimate of drug-likeness (QED) is 0.791. The number of allylic oxidation sites excluding steroid dienone is 2. The molecule has 3 nitrogen and oxygen atoms in total. The molecule has 1 aromatic rings. The summed E-state index contributed by atoms with van der Waals surface area (Å²) in [5, 5.41) is 0. The number of carbonyl (C=O) groups excluding carboxylic acids is 1. The molecule has 1 aliphatic carbocycles. The molecule has 0 saturated heterocycles. The third-order valence-corrected chi connectivity index (χ3v) is 2.82. The van der Waals surface area contributed by atoms with E-state index in [0.29, 0.717) is 5.69 Å². The predicted molar refractivity (Wildman–Crippen MR) is 62.1 cm³/mol. The summed E-state index contributed by atoms with van der Waals surface area (Å²) in [6, 6.07) is 3.50. The first-order valence-corrected chi connectivity index (χ1v) is 5.47. The molecular formula is C13H15NO2. The molecule has 3 heteroatoms. The number of H-pyrrole nitrogens is 1. The Morgan fingerprint density at radius 1 is 1.56 bits per heavy atom. The van der Waals surface area contributed by atoms with E-state index in [2.05, 4.69) is 4.98 Å². The van der Waals surface area contributed by atoms with E-state index in [1.54, 1.807) is 18.3 Å². The molecule has 1 unspecified atom stereocenters. The zero-order chi connectivity index (χ0) is 11.4. The SMILES string of the molecule is CCC1(OC(=O)c2ccc[nH]2)C=CC=CC1. The van der Waals surface area contributed by atoms with Gasteiger partial charge in [0, 0.05) is 12.6 Å². The highest BCUT2D eigenvalue weighted by atomic mass is 16.6.